The van der Waals surface area contributed by atoms with E-state index in [1.165, 1.54) is 16.8 Å². The van der Waals surface area contributed by atoms with Gasteiger partial charge in [0.15, 0.2) is 0 Å². The second-order valence-electron chi connectivity index (χ2n) is 7.25. The van der Waals surface area contributed by atoms with Crippen molar-refractivity contribution in [2.45, 2.75) is 0 Å². The van der Waals surface area contributed by atoms with E-state index in [0.29, 0.717) is 5.69 Å². The third-order valence-electron chi connectivity index (χ3n) is 5.12. The number of nitrogens with zero attached hydrogens (tertiary/aromatic N) is 2. The van der Waals surface area contributed by atoms with Crippen molar-refractivity contribution in [1.82, 2.24) is 9.97 Å². The number of para-hydroxylation sites is 2. The summed E-state index contributed by atoms with van der Waals surface area (Å²) < 4.78 is 13.1. The molecule has 0 saturated carbocycles. The van der Waals surface area contributed by atoms with Gasteiger partial charge in [0, 0.05) is 5.69 Å². The van der Waals surface area contributed by atoms with Gasteiger partial charge in [-0.05, 0) is 16.8 Å². The molecule has 0 bridgehead atoms. The molecule has 0 aliphatic heterocycles. The van der Waals surface area contributed by atoms with Crippen LogP contribution >= 0.6 is 0 Å². The Labute approximate surface area is 202 Å². The number of aromatic nitrogens is 2. The normalized spacial score (nSPS) is 10.3. The van der Waals surface area contributed by atoms with Crippen molar-refractivity contribution in [1.29, 1.82) is 0 Å². The molecule has 1 radical (unpaired) electrons. The summed E-state index contributed by atoms with van der Waals surface area (Å²) in [6, 6.07) is 41.1. The van der Waals surface area contributed by atoms with E-state index in [-0.39, 0.29) is 16.5 Å². The van der Waals surface area contributed by atoms with E-state index in [2.05, 4.69) is 58.5 Å². The van der Waals surface area contributed by atoms with Gasteiger partial charge in [-0.3, -0.25) is 4.98 Å². The molecule has 161 valence electrons. The van der Waals surface area contributed by atoms with Crippen LogP contribution in [-0.4, -0.2) is 4.98 Å². The number of hydrogen-bond donors (Lipinski definition) is 0. The maximum atomic E-state index is 13.1. The van der Waals surface area contributed by atoms with Crippen molar-refractivity contribution in [3.8, 4) is 22.4 Å². The van der Waals surface area contributed by atoms with Gasteiger partial charge in [0.1, 0.15) is 0 Å². The summed E-state index contributed by atoms with van der Waals surface area (Å²) in [4.78, 5) is 8.39. The summed E-state index contributed by atoms with van der Waals surface area (Å²) in [6.45, 7) is 0. The molecule has 0 fully saturated rings. The van der Waals surface area contributed by atoms with Gasteiger partial charge in [-0.15, -0.1) is 34.8 Å². The number of benzene rings is 4. The maximum Gasteiger partial charge on any atom is 3.00 e. The Balaban J connectivity index is 0.000000162. The van der Waals surface area contributed by atoms with Crippen LogP contribution in [-0.2, 0) is 16.5 Å². The minimum absolute atomic E-state index is 0. The average molecular weight is 472 g/mol. The fourth-order valence-corrected chi connectivity index (χ4v) is 3.62. The predicted molar refractivity (Wildman–Crippen MR) is 128 cm³/mol. The molecule has 0 aliphatic rings. The monoisotopic (exact) mass is 471 g/mol. The second-order valence-corrected chi connectivity index (χ2v) is 7.25. The Morgan fingerprint density at radius 2 is 1.21 bits per heavy atom. The van der Waals surface area contributed by atoms with E-state index in [0.717, 1.165) is 27.7 Å². The van der Waals surface area contributed by atoms with Crippen molar-refractivity contribution in [3.63, 3.8) is 0 Å². The first-order valence-electron chi connectivity index (χ1n) is 10.3. The van der Waals surface area contributed by atoms with Crippen LogP contribution < -0.4 is 4.98 Å². The molecule has 0 aliphatic carbocycles. The zero-order valence-electron chi connectivity index (χ0n) is 17.5. The Morgan fingerprint density at radius 3 is 1.88 bits per heavy atom. The van der Waals surface area contributed by atoms with Crippen LogP contribution in [0.15, 0.2) is 109 Å². The molecule has 0 saturated heterocycles. The van der Waals surface area contributed by atoms with Crippen molar-refractivity contribution >= 4 is 21.8 Å². The van der Waals surface area contributed by atoms with Gasteiger partial charge in [-0.2, -0.15) is 46.4 Å². The summed E-state index contributed by atoms with van der Waals surface area (Å²) in [5.41, 5.74) is 5.41. The summed E-state index contributed by atoms with van der Waals surface area (Å²) in [5, 5.41) is 2.50. The van der Waals surface area contributed by atoms with E-state index < -0.39 is 5.95 Å². The van der Waals surface area contributed by atoms with Gasteiger partial charge in [0.25, 0.3) is 0 Å². The Kier molecular flexibility index (Phi) is 6.97. The van der Waals surface area contributed by atoms with Gasteiger partial charge in [-0.25, -0.2) is 5.56 Å². The smallest absolute Gasteiger partial charge is 0.657 e. The Hall–Kier alpha value is -3.75. The minimum atomic E-state index is -0.484. The third kappa shape index (κ3) is 5.02. The molecule has 33 heavy (non-hydrogen) atoms. The largest absolute Gasteiger partial charge is 3.00 e. The van der Waals surface area contributed by atoms with Crippen LogP contribution in [0.3, 0.4) is 0 Å². The van der Waals surface area contributed by atoms with E-state index in [4.69, 9.17) is 0 Å². The van der Waals surface area contributed by atoms with Crippen LogP contribution in [0.4, 0.5) is 4.39 Å². The first kappa shape index (κ1) is 22.4. The van der Waals surface area contributed by atoms with Crippen LogP contribution in [0.5, 0.6) is 0 Å². The molecule has 4 heteroatoms. The van der Waals surface area contributed by atoms with Gasteiger partial charge >= 0.3 is 16.5 Å². The first-order valence-corrected chi connectivity index (χ1v) is 10.3. The fraction of sp³-hybridized carbons (Fsp3) is 0. The second kappa shape index (κ2) is 10.2. The van der Waals surface area contributed by atoms with Crippen molar-refractivity contribution < 1.29 is 20.9 Å². The first-order chi connectivity index (χ1) is 15.8. The molecule has 6 rings (SSSR count). The summed E-state index contributed by atoms with van der Waals surface area (Å²) in [6.07, 6.45) is 0. The SMILES string of the molecule is Fc1cccc(-c2[c-]c(-c3[c-]cccc3)ccc2)n1.[Ni+3].c1ccc2c(c1)[n-]c1ccccc12. The zero-order valence-corrected chi connectivity index (χ0v) is 18.5. The Bertz CT molecular complexity index is 1440. The molecule has 0 spiro atoms. The van der Waals surface area contributed by atoms with Gasteiger partial charge < -0.3 is 4.98 Å². The van der Waals surface area contributed by atoms with Gasteiger partial charge in [0.2, 0.25) is 5.95 Å². The molecule has 4 aromatic carbocycles. The maximum absolute atomic E-state index is 13.1. The van der Waals surface area contributed by atoms with Gasteiger partial charge in [0.05, 0.1) is 0 Å². The van der Waals surface area contributed by atoms with Crippen LogP contribution in [0.25, 0.3) is 44.2 Å². The number of halogens is 1. The quantitative estimate of drug-likeness (QED) is 0.153. The van der Waals surface area contributed by atoms with Crippen LogP contribution in [0.1, 0.15) is 0 Å². The average Bonchev–Trinajstić information content (AvgIpc) is 3.24. The standard InChI is InChI=1S/C17H10FN.C12H8N.Ni/c18-17-11-5-10-16(19-17)15-9-4-8-14(12-15)13-6-2-1-3-7-13;1-3-7-11-9(5-1)10-6-2-4-8-12(10)13-11;/h1-6,8-11H;1-8H;/q-2;-1;+3. The molecule has 2 nitrogen and oxygen atoms in total. The Morgan fingerprint density at radius 1 is 0.606 bits per heavy atom. The third-order valence-corrected chi connectivity index (χ3v) is 5.12. The summed E-state index contributed by atoms with van der Waals surface area (Å²) in [7, 11) is 0. The minimum Gasteiger partial charge on any atom is -0.657 e. The number of rotatable bonds is 2. The molecule has 0 unspecified atom stereocenters. The topological polar surface area (TPSA) is 27.0 Å². The van der Waals surface area contributed by atoms with Crippen LogP contribution in [0, 0.1) is 18.1 Å². The molecular formula is C29H18FN2Ni. The predicted octanol–water partition coefficient (Wildman–Crippen LogP) is 7.10. The van der Waals surface area contributed by atoms with E-state index in [1.807, 2.05) is 54.6 Å². The molecule has 2 aromatic heterocycles. The molecule has 0 atom stereocenters. The van der Waals surface area contributed by atoms with Crippen molar-refractivity contribution in [2.24, 2.45) is 0 Å². The molecule has 0 amide bonds. The van der Waals surface area contributed by atoms with Crippen molar-refractivity contribution in [3.05, 3.63) is 127 Å². The zero-order chi connectivity index (χ0) is 21.8. The van der Waals surface area contributed by atoms with Gasteiger partial charge in [-0.1, -0.05) is 60.7 Å². The summed E-state index contributed by atoms with van der Waals surface area (Å²) in [5.74, 6) is -0.484. The number of pyridine rings is 1. The van der Waals surface area contributed by atoms with E-state index in [9.17, 15) is 4.39 Å². The summed E-state index contributed by atoms with van der Waals surface area (Å²) >= 11 is 0. The van der Waals surface area contributed by atoms with E-state index in [1.54, 1.807) is 12.1 Å². The molecule has 2 heterocycles. The molecular weight excluding hydrogens is 454 g/mol. The molecule has 0 N–H and O–H groups in total. The molecule has 6 aromatic rings. The number of hydrogen-bond acceptors (Lipinski definition) is 1. The van der Waals surface area contributed by atoms with E-state index >= 15 is 0 Å². The van der Waals surface area contributed by atoms with Crippen molar-refractivity contribution in [2.75, 3.05) is 0 Å². The van der Waals surface area contributed by atoms with Crippen LogP contribution in [0.2, 0.25) is 0 Å². The number of fused-ring (bicyclic) bond motifs is 3. The fourth-order valence-electron chi connectivity index (χ4n) is 3.62.